The number of anilines is 1. The van der Waals surface area contributed by atoms with Crippen LogP contribution in [-0.4, -0.2) is 29.3 Å². The molecule has 2 atom stereocenters. The van der Waals surface area contributed by atoms with Crippen LogP contribution < -0.4 is 10.6 Å². The van der Waals surface area contributed by atoms with Gasteiger partial charge < -0.3 is 15.7 Å². The minimum Gasteiger partial charge on any atom is -0.394 e. The number of aliphatic hydroxyl groups is 1. The number of pyridine rings is 1. The molecule has 18 heavy (non-hydrogen) atoms. The van der Waals surface area contributed by atoms with E-state index in [0.29, 0.717) is 0 Å². The number of hydrogen-bond acceptors (Lipinski definition) is 4. The van der Waals surface area contributed by atoms with E-state index in [9.17, 15) is 5.11 Å². The number of rotatable bonds is 3. The Labute approximate surface area is 109 Å². The summed E-state index contributed by atoms with van der Waals surface area (Å²) in [6, 6.07) is 4.11. The minimum atomic E-state index is -0.0312. The van der Waals surface area contributed by atoms with Gasteiger partial charge in [-0.15, -0.1) is 0 Å². The molecule has 2 rings (SSSR count). The van der Waals surface area contributed by atoms with Crippen LogP contribution in [0.4, 0.5) is 5.82 Å². The van der Waals surface area contributed by atoms with Gasteiger partial charge in [0.15, 0.2) is 0 Å². The second-order valence-corrected chi connectivity index (χ2v) is 5.08. The first-order valence-electron chi connectivity index (χ1n) is 6.82. The van der Waals surface area contributed by atoms with E-state index in [1.54, 1.807) is 6.20 Å². The van der Waals surface area contributed by atoms with Gasteiger partial charge in [-0.3, -0.25) is 0 Å². The summed E-state index contributed by atoms with van der Waals surface area (Å²) in [4.78, 5) is 6.74. The largest absolute Gasteiger partial charge is 0.394 e. The van der Waals surface area contributed by atoms with Crippen LogP contribution in [0.2, 0.25) is 0 Å². The molecule has 0 amide bonds. The van der Waals surface area contributed by atoms with E-state index in [1.807, 2.05) is 19.1 Å². The van der Waals surface area contributed by atoms with E-state index in [1.165, 1.54) is 12.8 Å². The summed E-state index contributed by atoms with van der Waals surface area (Å²) < 4.78 is 0. The molecule has 1 aliphatic rings. The van der Waals surface area contributed by atoms with Gasteiger partial charge >= 0.3 is 0 Å². The van der Waals surface area contributed by atoms with E-state index in [-0.39, 0.29) is 18.7 Å². The fraction of sp³-hybridized carbons (Fsp3) is 0.643. The Morgan fingerprint density at radius 1 is 1.50 bits per heavy atom. The van der Waals surface area contributed by atoms with Crippen molar-refractivity contribution in [2.45, 2.75) is 44.7 Å². The molecule has 0 aliphatic carbocycles. The zero-order chi connectivity index (χ0) is 13.0. The Bertz CT molecular complexity index is 381. The maximum Gasteiger partial charge on any atom is 0.133 e. The highest BCUT2D eigenvalue weighted by Gasteiger charge is 2.24. The highest BCUT2D eigenvalue weighted by molar-refractivity contribution is 5.49. The van der Waals surface area contributed by atoms with E-state index < -0.39 is 0 Å². The molecule has 1 fully saturated rings. The Balaban J connectivity index is 2.32. The van der Waals surface area contributed by atoms with Crippen LogP contribution in [0.3, 0.4) is 0 Å². The van der Waals surface area contributed by atoms with E-state index >= 15 is 0 Å². The van der Waals surface area contributed by atoms with Gasteiger partial charge in [0.05, 0.1) is 12.6 Å². The van der Waals surface area contributed by atoms with Gasteiger partial charge in [-0.1, -0.05) is 18.9 Å². The lowest BCUT2D eigenvalue weighted by Gasteiger charge is -2.32. The van der Waals surface area contributed by atoms with E-state index in [2.05, 4.69) is 9.88 Å². The molecule has 1 aromatic heterocycles. The molecule has 1 aromatic rings. The Morgan fingerprint density at radius 3 is 3.06 bits per heavy atom. The van der Waals surface area contributed by atoms with Crippen LogP contribution in [0.5, 0.6) is 0 Å². The molecular formula is C14H23N3O. The fourth-order valence-electron chi connectivity index (χ4n) is 2.65. The van der Waals surface area contributed by atoms with Crippen molar-refractivity contribution in [2.24, 2.45) is 5.73 Å². The van der Waals surface area contributed by atoms with Crippen molar-refractivity contribution in [1.82, 2.24) is 4.98 Å². The Hall–Kier alpha value is -1.13. The third-order valence-corrected chi connectivity index (χ3v) is 3.67. The van der Waals surface area contributed by atoms with Crippen molar-refractivity contribution in [2.75, 3.05) is 18.1 Å². The normalized spacial score (nSPS) is 22.6. The van der Waals surface area contributed by atoms with Crippen molar-refractivity contribution in [3.8, 4) is 0 Å². The smallest absolute Gasteiger partial charge is 0.133 e. The summed E-state index contributed by atoms with van der Waals surface area (Å²) in [5.41, 5.74) is 7.09. The standard InChI is InChI=1S/C14H23N3O/c1-11(15)13-7-5-8-16-14(13)17-9-4-2-3-6-12(17)10-18/h5,7-8,11-12,18H,2-4,6,9-10,15H2,1H3/t11-,12?/m0/s1. The summed E-state index contributed by atoms with van der Waals surface area (Å²) >= 11 is 0. The second-order valence-electron chi connectivity index (χ2n) is 5.08. The SMILES string of the molecule is C[C@H](N)c1cccnc1N1CCCCCC1CO. The van der Waals surface area contributed by atoms with Gasteiger partial charge in [0.2, 0.25) is 0 Å². The van der Waals surface area contributed by atoms with Gasteiger partial charge in [-0.25, -0.2) is 4.98 Å². The van der Waals surface area contributed by atoms with Crippen LogP contribution in [-0.2, 0) is 0 Å². The predicted molar refractivity (Wildman–Crippen MR) is 73.5 cm³/mol. The summed E-state index contributed by atoms with van der Waals surface area (Å²) in [5, 5.41) is 9.58. The van der Waals surface area contributed by atoms with Crippen LogP contribution in [0.25, 0.3) is 0 Å². The maximum absolute atomic E-state index is 9.58. The monoisotopic (exact) mass is 249 g/mol. The molecule has 1 saturated heterocycles. The fourth-order valence-corrected chi connectivity index (χ4v) is 2.65. The molecule has 1 unspecified atom stereocenters. The molecule has 0 spiro atoms. The van der Waals surface area contributed by atoms with Gasteiger partial charge in [0.25, 0.3) is 0 Å². The molecular weight excluding hydrogens is 226 g/mol. The molecule has 1 aliphatic heterocycles. The van der Waals surface area contributed by atoms with Crippen LogP contribution in [0.1, 0.15) is 44.2 Å². The number of nitrogens with two attached hydrogens (primary N) is 1. The van der Waals surface area contributed by atoms with Gasteiger partial charge in [0, 0.05) is 24.3 Å². The highest BCUT2D eigenvalue weighted by Crippen LogP contribution is 2.27. The van der Waals surface area contributed by atoms with Gasteiger partial charge in [-0.05, 0) is 25.8 Å². The predicted octanol–water partition coefficient (Wildman–Crippen LogP) is 1.84. The van der Waals surface area contributed by atoms with Crippen molar-refractivity contribution in [3.63, 3.8) is 0 Å². The van der Waals surface area contributed by atoms with Crippen molar-refractivity contribution >= 4 is 5.82 Å². The Kier molecular flexibility index (Phi) is 4.55. The summed E-state index contributed by atoms with van der Waals surface area (Å²) in [5.74, 6) is 0.952. The third-order valence-electron chi connectivity index (χ3n) is 3.67. The first kappa shape index (κ1) is 13.3. The third kappa shape index (κ3) is 2.82. The van der Waals surface area contributed by atoms with Crippen LogP contribution >= 0.6 is 0 Å². The van der Waals surface area contributed by atoms with Crippen LogP contribution in [0, 0.1) is 0 Å². The lowest BCUT2D eigenvalue weighted by Crippen LogP contribution is -2.39. The zero-order valence-electron chi connectivity index (χ0n) is 11.0. The molecule has 100 valence electrons. The van der Waals surface area contributed by atoms with E-state index in [4.69, 9.17) is 5.73 Å². The maximum atomic E-state index is 9.58. The highest BCUT2D eigenvalue weighted by atomic mass is 16.3. The quantitative estimate of drug-likeness (QED) is 0.858. The molecule has 0 bridgehead atoms. The molecule has 4 heteroatoms. The molecule has 3 N–H and O–H groups in total. The summed E-state index contributed by atoms with van der Waals surface area (Å²) in [6.45, 7) is 3.13. The Morgan fingerprint density at radius 2 is 2.33 bits per heavy atom. The number of aliphatic hydroxyl groups excluding tert-OH is 1. The zero-order valence-corrected chi connectivity index (χ0v) is 11.0. The van der Waals surface area contributed by atoms with Crippen LogP contribution in [0.15, 0.2) is 18.3 Å². The van der Waals surface area contributed by atoms with Crippen molar-refractivity contribution < 1.29 is 5.11 Å². The van der Waals surface area contributed by atoms with Gasteiger partial charge in [-0.2, -0.15) is 0 Å². The van der Waals surface area contributed by atoms with E-state index in [0.717, 1.165) is 30.8 Å². The summed E-state index contributed by atoms with van der Waals surface area (Å²) in [7, 11) is 0. The minimum absolute atomic E-state index is 0.0312. The van der Waals surface area contributed by atoms with Crippen molar-refractivity contribution in [3.05, 3.63) is 23.9 Å². The molecule has 0 aromatic carbocycles. The van der Waals surface area contributed by atoms with Gasteiger partial charge in [0.1, 0.15) is 5.82 Å². The summed E-state index contributed by atoms with van der Waals surface area (Å²) in [6.07, 6.45) is 6.41. The number of nitrogens with zero attached hydrogens (tertiary/aromatic N) is 2. The first-order valence-corrected chi connectivity index (χ1v) is 6.82. The molecule has 0 radical (unpaired) electrons. The number of hydrogen-bond donors (Lipinski definition) is 2. The molecule has 0 saturated carbocycles. The molecule has 4 nitrogen and oxygen atoms in total. The first-order chi connectivity index (χ1) is 8.74. The lowest BCUT2D eigenvalue weighted by molar-refractivity contribution is 0.254. The topological polar surface area (TPSA) is 62.4 Å². The molecule has 2 heterocycles. The number of aromatic nitrogens is 1. The average molecular weight is 249 g/mol. The van der Waals surface area contributed by atoms with Crippen molar-refractivity contribution in [1.29, 1.82) is 0 Å². The average Bonchev–Trinajstić information content (AvgIpc) is 2.63. The lowest BCUT2D eigenvalue weighted by atomic mass is 10.1. The second kappa shape index (κ2) is 6.16.